The monoisotopic (exact) mass is 368 g/mol. The molecule has 2 rings (SSSR count). The number of rotatable bonds is 4. The van der Waals surface area contributed by atoms with Crippen molar-refractivity contribution < 1.29 is 36.0 Å². The Hall–Kier alpha value is -2.18. The number of carboxylic acid groups (broad SMARTS) is 1. The van der Waals surface area contributed by atoms with E-state index in [1.165, 1.54) is 0 Å². The molecule has 1 heterocycles. The number of anilines is 2. The molecule has 0 fully saturated rings. The zero-order valence-electron chi connectivity index (χ0n) is 10.9. The molecule has 2 aromatic rings. The van der Waals surface area contributed by atoms with Crippen LogP contribution in [0.5, 0.6) is 0 Å². The van der Waals surface area contributed by atoms with Gasteiger partial charge in [-0.25, -0.2) is 14.1 Å². The van der Waals surface area contributed by atoms with Crippen LogP contribution in [0.25, 0.3) is 0 Å². The van der Waals surface area contributed by atoms with Crippen molar-refractivity contribution in [3.8, 4) is 0 Å². The van der Waals surface area contributed by atoms with E-state index in [-0.39, 0.29) is 4.31 Å². The maximum atomic E-state index is 13.1. The summed E-state index contributed by atoms with van der Waals surface area (Å²) in [5, 5.41) is 8.29. The third-order valence-electron chi connectivity index (χ3n) is 2.59. The van der Waals surface area contributed by atoms with E-state index in [1.54, 1.807) is 0 Å². The maximum absolute atomic E-state index is 13.1. The molecule has 0 aliphatic carbocycles. The first-order valence-electron chi connectivity index (χ1n) is 5.64. The molecule has 0 bridgehead atoms. The lowest BCUT2D eigenvalue weighted by Crippen LogP contribution is -2.28. The van der Waals surface area contributed by atoms with E-state index in [1.807, 2.05) is 0 Å². The van der Waals surface area contributed by atoms with E-state index in [0.29, 0.717) is 17.4 Å². The number of hydrogen-bond acceptors (Lipinski definition) is 5. The van der Waals surface area contributed by atoms with E-state index in [4.69, 9.17) is 5.11 Å². The fourth-order valence-corrected chi connectivity index (χ4v) is 3.58. The first-order chi connectivity index (χ1) is 10.5. The van der Waals surface area contributed by atoms with Gasteiger partial charge in [-0.2, -0.15) is 21.6 Å². The predicted molar refractivity (Wildman–Crippen MR) is 74.2 cm³/mol. The lowest BCUT2D eigenvalue weighted by Gasteiger charge is -2.23. The van der Waals surface area contributed by atoms with Gasteiger partial charge in [-0.1, -0.05) is 12.1 Å². The van der Waals surface area contributed by atoms with Gasteiger partial charge in [-0.05, 0) is 12.1 Å². The molecule has 0 saturated carbocycles. The van der Waals surface area contributed by atoms with E-state index < -0.39 is 44.4 Å². The highest BCUT2D eigenvalue weighted by atomic mass is 32.2. The van der Waals surface area contributed by atoms with Crippen molar-refractivity contribution in [1.29, 1.82) is 0 Å². The van der Waals surface area contributed by atoms with Gasteiger partial charge in [-0.15, -0.1) is 11.3 Å². The Bertz CT molecular complexity index is 847. The minimum atomic E-state index is -5.24. The molecule has 0 spiro atoms. The summed E-state index contributed by atoms with van der Waals surface area (Å²) in [6, 6.07) is 3.54. The summed E-state index contributed by atoms with van der Waals surface area (Å²) in [7, 11) is -5.24. The molecule has 124 valence electrons. The van der Waals surface area contributed by atoms with Crippen molar-refractivity contribution in [3.05, 3.63) is 41.0 Å². The van der Waals surface area contributed by atoms with Crippen LogP contribution in [0.2, 0.25) is 0 Å². The van der Waals surface area contributed by atoms with Crippen molar-refractivity contribution in [1.82, 2.24) is 4.98 Å². The Morgan fingerprint density at radius 2 is 1.87 bits per heavy atom. The zero-order valence-corrected chi connectivity index (χ0v) is 12.5. The Balaban J connectivity index is 2.78. The number of halogens is 3. The molecule has 0 amide bonds. The number of thiazole rings is 1. The number of carbonyl (C=O) groups is 1. The summed E-state index contributed by atoms with van der Waals surface area (Å²) >= 11 is 0.454. The Labute approximate surface area is 131 Å². The number of hydrogen-bond donors (Lipinski definition) is 2. The largest absolute Gasteiger partial charge is 0.476 e. The molecule has 0 aliphatic rings. The van der Waals surface area contributed by atoms with E-state index >= 15 is 0 Å². The Morgan fingerprint density at radius 3 is 2.39 bits per heavy atom. The molecule has 0 unspecified atom stereocenters. The van der Waals surface area contributed by atoms with E-state index in [0.717, 1.165) is 23.7 Å². The third kappa shape index (κ3) is 3.43. The quantitative estimate of drug-likeness (QED) is 0.804. The number of para-hydroxylation sites is 1. The van der Waals surface area contributed by atoms with Crippen LogP contribution in [-0.2, 0) is 16.5 Å². The molecule has 0 saturated heterocycles. The standard InChI is InChI=1S/C11H7F3N2O5S2/c12-11(13,14)6-3-1-2-4-7(6)16(23(19,20)21)9-8(10(17)18)15-5-22-9/h1-5H,(H,17,18)(H,19,20,21). The first kappa shape index (κ1) is 17.2. The van der Waals surface area contributed by atoms with Crippen molar-refractivity contribution in [3.63, 3.8) is 0 Å². The van der Waals surface area contributed by atoms with E-state index in [2.05, 4.69) is 4.98 Å². The van der Waals surface area contributed by atoms with Crippen LogP contribution in [0.1, 0.15) is 16.1 Å². The SMILES string of the molecule is O=C(O)c1ncsc1N(c1ccccc1C(F)(F)F)S(=O)(=O)O. The fourth-order valence-electron chi connectivity index (χ4n) is 1.76. The molecule has 2 N–H and O–H groups in total. The van der Waals surface area contributed by atoms with Gasteiger partial charge in [0.05, 0.1) is 16.8 Å². The summed E-state index contributed by atoms with van der Waals surface area (Å²) in [5.41, 5.74) is -2.16. The van der Waals surface area contributed by atoms with Gasteiger partial charge in [0.25, 0.3) is 0 Å². The summed E-state index contributed by atoms with van der Waals surface area (Å²) in [6.45, 7) is 0. The molecule has 0 radical (unpaired) electrons. The van der Waals surface area contributed by atoms with Gasteiger partial charge < -0.3 is 5.11 Å². The molecule has 0 atom stereocenters. The van der Waals surface area contributed by atoms with Crippen molar-refractivity contribution in [2.75, 3.05) is 4.31 Å². The topological polar surface area (TPSA) is 108 Å². The number of aromatic carboxylic acids is 1. The molecule has 0 aliphatic heterocycles. The van der Waals surface area contributed by atoms with Crippen LogP contribution in [0, 0.1) is 0 Å². The number of aromatic nitrogens is 1. The number of carboxylic acids is 1. The van der Waals surface area contributed by atoms with Crippen molar-refractivity contribution in [2.24, 2.45) is 0 Å². The molecular weight excluding hydrogens is 361 g/mol. The summed E-state index contributed by atoms with van der Waals surface area (Å²) in [5.74, 6) is -1.65. The lowest BCUT2D eigenvalue weighted by molar-refractivity contribution is -0.137. The molecule has 23 heavy (non-hydrogen) atoms. The fraction of sp³-hybridized carbons (Fsp3) is 0.0909. The average molecular weight is 368 g/mol. The summed E-state index contributed by atoms with van der Waals surface area (Å²) in [6.07, 6.45) is -4.92. The minimum absolute atomic E-state index is 0.100. The summed E-state index contributed by atoms with van der Waals surface area (Å²) < 4.78 is 71.6. The van der Waals surface area contributed by atoms with Crippen LogP contribution in [0.4, 0.5) is 23.9 Å². The highest BCUT2D eigenvalue weighted by Crippen LogP contribution is 2.42. The zero-order chi connectivity index (χ0) is 17.4. The predicted octanol–water partition coefficient (Wildman–Crippen LogP) is 2.80. The maximum Gasteiger partial charge on any atom is 0.418 e. The molecule has 1 aromatic carbocycles. The molecule has 7 nitrogen and oxygen atoms in total. The number of benzene rings is 1. The second kappa shape index (κ2) is 5.79. The van der Waals surface area contributed by atoms with Gasteiger partial charge in [0.1, 0.15) is 5.00 Å². The normalized spacial score (nSPS) is 12.2. The van der Waals surface area contributed by atoms with Crippen LogP contribution < -0.4 is 4.31 Å². The van der Waals surface area contributed by atoms with Crippen LogP contribution >= 0.6 is 11.3 Å². The number of alkyl halides is 3. The highest BCUT2D eigenvalue weighted by molar-refractivity contribution is 7.87. The smallest absolute Gasteiger partial charge is 0.418 e. The number of nitrogens with zero attached hydrogens (tertiary/aromatic N) is 2. The van der Waals surface area contributed by atoms with Gasteiger partial charge in [0.15, 0.2) is 5.69 Å². The van der Waals surface area contributed by atoms with Gasteiger partial charge in [0.2, 0.25) is 0 Å². The Kier molecular flexibility index (Phi) is 4.32. The third-order valence-corrected chi connectivity index (χ3v) is 4.36. The second-order valence-corrected chi connectivity index (χ2v) is 6.16. The van der Waals surface area contributed by atoms with Crippen LogP contribution in [-0.4, -0.2) is 29.0 Å². The van der Waals surface area contributed by atoms with Crippen LogP contribution in [0.3, 0.4) is 0 Å². The Morgan fingerprint density at radius 1 is 1.26 bits per heavy atom. The van der Waals surface area contributed by atoms with Crippen molar-refractivity contribution in [2.45, 2.75) is 6.18 Å². The van der Waals surface area contributed by atoms with Gasteiger partial charge >= 0.3 is 22.4 Å². The summed E-state index contributed by atoms with van der Waals surface area (Å²) in [4.78, 5) is 14.4. The van der Waals surface area contributed by atoms with E-state index in [9.17, 15) is 30.9 Å². The lowest BCUT2D eigenvalue weighted by atomic mass is 10.1. The first-order valence-corrected chi connectivity index (χ1v) is 7.92. The van der Waals surface area contributed by atoms with Crippen LogP contribution in [0.15, 0.2) is 29.8 Å². The molecular formula is C11H7F3N2O5S2. The van der Waals surface area contributed by atoms with Gasteiger partial charge in [0, 0.05) is 0 Å². The minimum Gasteiger partial charge on any atom is -0.476 e. The highest BCUT2D eigenvalue weighted by Gasteiger charge is 2.39. The molecule has 12 heteroatoms. The average Bonchev–Trinajstić information content (AvgIpc) is 2.85. The second-order valence-electron chi connectivity index (χ2n) is 4.07. The molecule has 1 aromatic heterocycles. The van der Waals surface area contributed by atoms with Crippen molar-refractivity contribution >= 4 is 38.3 Å². The van der Waals surface area contributed by atoms with Gasteiger partial charge in [-0.3, -0.25) is 4.55 Å².